The van der Waals surface area contributed by atoms with Gasteiger partial charge in [-0.15, -0.1) is 0 Å². The highest BCUT2D eigenvalue weighted by molar-refractivity contribution is 5.82. The maximum absolute atomic E-state index is 12.2. The lowest BCUT2D eigenvalue weighted by Crippen LogP contribution is -2.35. The third-order valence-corrected chi connectivity index (χ3v) is 3.96. The minimum atomic E-state index is -0.446. The van der Waals surface area contributed by atoms with E-state index >= 15 is 0 Å². The van der Waals surface area contributed by atoms with Gasteiger partial charge in [0.1, 0.15) is 5.60 Å². The molecule has 3 rings (SSSR count). The van der Waals surface area contributed by atoms with E-state index in [1.54, 1.807) is 0 Å². The predicted molar refractivity (Wildman–Crippen MR) is 86.9 cm³/mol. The summed E-state index contributed by atoms with van der Waals surface area (Å²) in [7, 11) is 0. The number of carbonyl (C=O) groups excluding carboxylic acids is 1. The first-order valence-corrected chi connectivity index (χ1v) is 7.75. The van der Waals surface area contributed by atoms with E-state index in [9.17, 15) is 4.79 Å². The SMILES string of the molecule is CC(C)(C)OC(=O)N1CCC(c2cccc3ncccc23)C1. The van der Waals surface area contributed by atoms with Gasteiger partial charge in [0.2, 0.25) is 0 Å². The van der Waals surface area contributed by atoms with Crippen LogP contribution in [0, 0.1) is 0 Å². The standard InChI is InChI=1S/C18H22N2O2/c1-18(2,3)22-17(21)20-11-9-13(12-20)14-6-4-8-16-15(14)7-5-10-19-16/h4-8,10,13H,9,11-12H2,1-3H3. The van der Waals surface area contributed by atoms with Crippen molar-refractivity contribution in [2.24, 2.45) is 0 Å². The number of rotatable bonds is 1. The molecule has 4 nitrogen and oxygen atoms in total. The molecule has 1 aromatic carbocycles. The van der Waals surface area contributed by atoms with Crippen LogP contribution in [0.1, 0.15) is 38.7 Å². The van der Waals surface area contributed by atoms with E-state index < -0.39 is 5.60 Å². The number of nitrogens with zero attached hydrogens (tertiary/aromatic N) is 2. The van der Waals surface area contributed by atoms with E-state index in [0.29, 0.717) is 12.5 Å². The van der Waals surface area contributed by atoms with Crippen molar-refractivity contribution in [3.8, 4) is 0 Å². The molecule has 0 radical (unpaired) electrons. The molecular formula is C18H22N2O2. The van der Waals surface area contributed by atoms with Gasteiger partial charge >= 0.3 is 6.09 Å². The second-order valence-corrected chi connectivity index (χ2v) is 6.83. The van der Waals surface area contributed by atoms with Crippen molar-refractivity contribution in [1.82, 2.24) is 9.88 Å². The molecule has 0 aliphatic carbocycles. The molecule has 0 bridgehead atoms. The van der Waals surface area contributed by atoms with Gasteiger partial charge in [0.05, 0.1) is 5.52 Å². The Morgan fingerprint density at radius 1 is 1.27 bits per heavy atom. The lowest BCUT2D eigenvalue weighted by Gasteiger charge is -2.24. The molecular weight excluding hydrogens is 276 g/mol. The number of ether oxygens (including phenoxy) is 1. The van der Waals surface area contributed by atoms with Gasteiger partial charge in [-0.05, 0) is 44.9 Å². The van der Waals surface area contributed by atoms with Crippen molar-refractivity contribution in [2.75, 3.05) is 13.1 Å². The number of hydrogen-bond acceptors (Lipinski definition) is 3. The summed E-state index contributed by atoms with van der Waals surface area (Å²) in [5, 5.41) is 1.18. The van der Waals surface area contributed by atoms with Crippen LogP contribution < -0.4 is 0 Å². The molecule has 2 aromatic rings. The van der Waals surface area contributed by atoms with Crippen molar-refractivity contribution < 1.29 is 9.53 Å². The van der Waals surface area contributed by atoms with Crippen LogP contribution in [-0.4, -0.2) is 34.7 Å². The number of carbonyl (C=O) groups is 1. The molecule has 22 heavy (non-hydrogen) atoms. The van der Waals surface area contributed by atoms with E-state index in [1.807, 2.05) is 50.1 Å². The van der Waals surface area contributed by atoms with Gasteiger partial charge < -0.3 is 9.64 Å². The van der Waals surface area contributed by atoms with E-state index in [1.165, 1.54) is 10.9 Å². The molecule has 1 atom stereocenters. The van der Waals surface area contributed by atoms with Crippen LogP contribution in [0.2, 0.25) is 0 Å². The first-order chi connectivity index (χ1) is 10.4. The number of aromatic nitrogens is 1. The lowest BCUT2D eigenvalue weighted by atomic mass is 9.94. The van der Waals surface area contributed by atoms with Gasteiger partial charge in [-0.1, -0.05) is 18.2 Å². The third-order valence-electron chi connectivity index (χ3n) is 3.96. The molecule has 0 N–H and O–H groups in total. The van der Waals surface area contributed by atoms with E-state index in [0.717, 1.165) is 18.5 Å². The molecule has 1 amide bonds. The summed E-state index contributed by atoms with van der Waals surface area (Å²) in [6.07, 6.45) is 2.56. The minimum Gasteiger partial charge on any atom is -0.444 e. The number of amides is 1. The normalized spacial score (nSPS) is 18.7. The van der Waals surface area contributed by atoms with Crippen molar-refractivity contribution in [3.63, 3.8) is 0 Å². The van der Waals surface area contributed by atoms with E-state index in [-0.39, 0.29) is 6.09 Å². The molecule has 1 aliphatic rings. The zero-order valence-electron chi connectivity index (χ0n) is 13.4. The van der Waals surface area contributed by atoms with Crippen LogP contribution in [0.5, 0.6) is 0 Å². The molecule has 4 heteroatoms. The Labute approximate surface area is 131 Å². The molecule has 1 saturated heterocycles. The van der Waals surface area contributed by atoms with E-state index in [2.05, 4.69) is 17.1 Å². The van der Waals surface area contributed by atoms with Gasteiger partial charge in [0.25, 0.3) is 0 Å². The Morgan fingerprint density at radius 3 is 2.86 bits per heavy atom. The van der Waals surface area contributed by atoms with Crippen LogP contribution in [0.3, 0.4) is 0 Å². The van der Waals surface area contributed by atoms with Crippen LogP contribution in [0.25, 0.3) is 10.9 Å². The highest BCUT2D eigenvalue weighted by Crippen LogP contribution is 2.32. The molecule has 1 aliphatic heterocycles. The second-order valence-electron chi connectivity index (χ2n) is 6.83. The van der Waals surface area contributed by atoms with Crippen molar-refractivity contribution in [1.29, 1.82) is 0 Å². The Balaban J connectivity index is 1.79. The monoisotopic (exact) mass is 298 g/mol. The molecule has 0 spiro atoms. The average molecular weight is 298 g/mol. The average Bonchev–Trinajstić information content (AvgIpc) is 2.94. The summed E-state index contributed by atoms with van der Waals surface area (Å²) in [4.78, 5) is 18.4. The third kappa shape index (κ3) is 3.06. The highest BCUT2D eigenvalue weighted by Gasteiger charge is 2.31. The summed E-state index contributed by atoms with van der Waals surface area (Å²) in [5.41, 5.74) is 1.84. The second kappa shape index (κ2) is 5.59. The zero-order chi connectivity index (χ0) is 15.7. The van der Waals surface area contributed by atoms with Crippen molar-refractivity contribution in [3.05, 3.63) is 42.1 Å². The van der Waals surface area contributed by atoms with Crippen molar-refractivity contribution >= 4 is 17.0 Å². The Bertz CT molecular complexity index is 686. The number of benzene rings is 1. The fourth-order valence-electron chi connectivity index (χ4n) is 2.99. The van der Waals surface area contributed by atoms with Crippen LogP contribution >= 0.6 is 0 Å². The number of hydrogen-bond donors (Lipinski definition) is 0. The topological polar surface area (TPSA) is 42.4 Å². The quantitative estimate of drug-likeness (QED) is 0.800. The largest absolute Gasteiger partial charge is 0.444 e. The Kier molecular flexibility index (Phi) is 3.77. The smallest absolute Gasteiger partial charge is 0.410 e. The van der Waals surface area contributed by atoms with Gasteiger partial charge in [-0.25, -0.2) is 4.79 Å². The summed E-state index contributed by atoms with van der Waals surface area (Å²) in [6.45, 7) is 7.15. The first-order valence-electron chi connectivity index (χ1n) is 7.75. The number of likely N-dealkylation sites (tertiary alicyclic amines) is 1. The van der Waals surface area contributed by atoms with Gasteiger partial charge in [-0.3, -0.25) is 4.98 Å². The van der Waals surface area contributed by atoms with Crippen LogP contribution in [0.4, 0.5) is 4.79 Å². The van der Waals surface area contributed by atoms with Gasteiger partial charge in [0, 0.05) is 30.6 Å². The lowest BCUT2D eigenvalue weighted by molar-refractivity contribution is 0.0292. The fraction of sp³-hybridized carbons (Fsp3) is 0.444. The molecule has 116 valence electrons. The van der Waals surface area contributed by atoms with Gasteiger partial charge in [-0.2, -0.15) is 0 Å². The summed E-state index contributed by atoms with van der Waals surface area (Å²) in [6, 6.07) is 10.3. The number of pyridine rings is 1. The zero-order valence-corrected chi connectivity index (χ0v) is 13.4. The van der Waals surface area contributed by atoms with Crippen LogP contribution in [-0.2, 0) is 4.74 Å². The molecule has 1 unspecified atom stereocenters. The van der Waals surface area contributed by atoms with Gasteiger partial charge in [0.15, 0.2) is 0 Å². The van der Waals surface area contributed by atoms with E-state index in [4.69, 9.17) is 4.74 Å². The first kappa shape index (κ1) is 14.8. The molecule has 2 heterocycles. The minimum absolute atomic E-state index is 0.214. The van der Waals surface area contributed by atoms with Crippen LogP contribution in [0.15, 0.2) is 36.5 Å². The molecule has 1 fully saturated rings. The molecule has 1 aromatic heterocycles. The molecule has 0 saturated carbocycles. The maximum atomic E-state index is 12.2. The Hall–Kier alpha value is -2.10. The summed E-state index contributed by atoms with van der Waals surface area (Å²) in [5.74, 6) is 0.348. The van der Waals surface area contributed by atoms with Crippen molar-refractivity contribution in [2.45, 2.75) is 38.7 Å². The fourth-order valence-corrected chi connectivity index (χ4v) is 2.99. The maximum Gasteiger partial charge on any atom is 0.410 e. The Morgan fingerprint density at radius 2 is 2.09 bits per heavy atom. The highest BCUT2D eigenvalue weighted by atomic mass is 16.6. The number of fused-ring (bicyclic) bond motifs is 1. The summed E-state index contributed by atoms with van der Waals surface area (Å²) >= 11 is 0. The summed E-state index contributed by atoms with van der Waals surface area (Å²) < 4.78 is 5.47. The predicted octanol–water partition coefficient (Wildman–Crippen LogP) is 3.96.